The molecular weight excluding hydrogens is 192 g/mol. The summed E-state index contributed by atoms with van der Waals surface area (Å²) < 4.78 is 5.34. The molecule has 1 N–H and O–H groups in total. The molecular formula is C12H16O3. The third kappa shape index (κ3) is 4.13. The first-order chi connectivity index (χ1) is 6.88. The lowest BCUT2D eigenvalue weighted by molar-refractivity contribution is 0.0285. The summed E-state index contributed by atoms with van der Waals surface area (Å²) in [5, 5.41) is 9.44. The normalized spacial score (nSPS) is 11.2. The molecule has 3 heteroatoms. The lowest BCUT2D eigenvalue weighted by Crippen LogP contribution is -2.27. The highest BCUT2D eigenvalue weighted by molar-refractivity contribution is 5.94. The summed E-state index contributed by atoms with van der Waals surface area (Å²) in [6.45, 7) is 5.10. The lowest BCUT2D eigenvalue weighted by Gasteiger charge is -2.17. The Morgan fingerprint density at radius 1 is 1.33 bits per heavy atom. The Balaban J connectivity index is 2.61. The van der Waals surface area contributed by atoms with E-state index in [0.717, 1.165) is 0 Å². The van der Waals surface area contributed by atoms with Crippen molar-refractivity contribution >= 4 is 5.78 Å². The predicted molar refractivity (Wildman–Crippen MR) is 58.2 cm³/mol. The second-order valence-corrected chi connectivity index (χ2v) is 4.18. The fourth-order valence-corrected chi connectivity index (χ4v) is 1.05. The minimum atomic E-state index is -0.848. The van der Waals surface area contributed by atoms with Crippen LogP contribution in [-0.4, -0.2) is 23.1 Å². The van der Waals surface area contributed by atoms with Gasteiger partial charge in [-0.25, -0.2) is 0 Å². The minimum absolute atomic E-state index is 0.0315. The van der Waals surface area contributed by atoms with Crippen LogP contribution in [0, 0.1) is 0 Å². The van der Waals surface area contributed by atoms with Crippen molar-refractivity contribution in [3.8, 4) is 5.75 Å². The number of ether oxygens (including phenoxy) is 1. The number of carbonyl (C=O) groups is 1. The molecule has 0 radical (unpaired) electrons. The van der Waals surface area contributed by atoms with Gasteiger partial charge in [-0.05, 0) is 45.0 Å². The second kappa shape index (κ2) is 4.45. The van der Waals surface area contributed by atoms with E-state index in [2.05, 4.69) is 0 Å². The first-order valence-electron chi connectivity index (χ1n) is 4.85. The summed E-state index contributed by atoms with van der Waals surface area (Å²) in [7, 11) is 0. The molecule has 0 heterocycles. The molecule has 0 saturated carbocycles. The highest BCUT2D eigenvalue weighted by Crippen LogP contribution is 2.14. The fraction of sp³-hybridized carbons (Fsp3) is 0.417. The number of ketones is 1. The summed E-state index contributed by atoms with van der Waals surface area (Å²) >= 11 is 0. The van der Waals surface area contributed by atoms with Gasteiger partial charge in [0.1, 0.15) is 12.4 Å². The number of hydrogen-bond donors (Lipinski definition) is 1. The molecule has 0 aliphatic rings. The summed E-state index contributed by atoms with van der Waals surface area (Å²) in [6.07, 6.45) is 0. The smallest absolute Gasteiger partial charge is 0.159 e. The van der Waals surface area contributed by atoms with Crippen molar-refractivity contribution in [2.24, 2.45) is 0 Å². The largest absolute Gasteiger partial charge is 0.491 e. The van der Waals surface area contributed by atoms with Gasteiger partial charge in [-0.2, -0.15) is 0 Å². The van der Waals surface area contributed by atoms with Crippen molar-refractivity contribution in [3.63, 3.8) is 0 Å². The topological polar surface area (TPSA) is 46.5 Å². The van der Waals surface area contributed by atoms with E-state index in [9.17, 15) is 9.90 Å². The van der Waals surface area contributed by atoms with Crippen LogP contribution in [0.25, 0.3) is 0 Å². The molecule has 0 aromatic heterocycles. The molecule has 1 rings (SSSR count). The van der Waals surface area contributed by atoms with Crippen LogP contribution in [-0.2, 0) is 0 Å². The van der Waals surface area contributed by atoms with Gasteiger partial charge in [0.25, 0.3) is 0 Å². The predicted octanol–water partition coefficient (Wildman–Crippen LogP) is 2.04. The van der Waals surface area contributed by atoms with Crippen molar-refractivity contribution in [2.75, 3.05) is 6.61 Å². The molecule has 0 atom stereocenters. The van der Waals surface area contributed by atoms with E-state index in [0.29, 0.717) is 11.3 Å². The molecule has 0 amide bonds. The highest BCUT2D eigenvalue weighted by Gasteiger charge is 2.13. The van der Waals surface area contributed by atoms with E-state index in [-0.39, 0.29) is 12.4 Å². The molecule has 3 nitrogen and oxygen atoms in total. The van der Waals surface area contributed by atoms with Crippen molar-refractivity contribution in [2.45, 2.75) is 26.4 Å². The van der Waals surface area contributed by atoms with Gasteiger partial charge in [0.05, 0.1) is 5.60 Å². The maximum absolute atomic E-state index is 11.0. The van der Waals surface area contributed by atoms with Gasteiger partial charge in [-0.1, -0.05) is 0 Å². The molecule has 0 fully saturated rings. The van der Waals surface area contributed by atoms with Gasteiger partial charge < -0.3 is 9.84 Å². The number of carbonyl (C=O) groups excluding carboxylic acids is 1. The van der Waals surface area contributed by atoms with Crippen LogP contribution in [0.4, 0.5) is 0 Å². The molecule has 1 aromatic rings. The SMILES string of the molecule is CC(=O)c1ccc(OCC(C)(C)O)cc1. The van der Waals surface area contributed by atoms with Crippen molar-refractivity contribution in [1.29, 1.82) is 0 Å². The van der Waals surface area contributed by atoms with Gasteiger partial charge in [0.2, 0.25) is 0 Å². The summed E-state index contributed by atoms with van der Waals surface area (Å²) in [5.74, 6) is 0.686. The van der Waals surface area contributed by atoms with Gasteiger partial charge in [0.15, 0.2) is 5.78 Å². The van der Waals surface area contributed by atoms with E-state index in [1.165, 1.54) is 6.92 Å². The number of benzene rings is 1. The average Bonchev–Trinajstić information content (AvgIpc) is 2.14. The van der Waals surface area contributed by atoms with Crippen molar-refractivity contribution < 1.29 is 14.6 Å². The van der Waals surface area contributed by atoms with Gasteiger partial charge in [0, 0.05) is 5.56 Å². The zero-order chi connectivity index (χ0) is 11.5. The highest BCUT2D eigenvalue weighted by atomic mass is 16.5. The molecule has 0 aliphatic carbocycles. The van der Waals surface area contributed by atoms with E-state index in [1.807, 2.05) is 0 Å². The van der Waals surface area contributed by atoms with Crippen molar-refractivity contribution in [1.82, 2.24) is 0 Å². The number of hydrogen-bond acceptors (Lipinski definition) is 3. The third-order valence-corrected chi connectivity index (χ3v) is 1.85. The summed E-state index contributed by atoms with van der Waals surface area (Å²) in [5.41, 5.74) is -0.190. The van der Waals surface area contributed by atoms with Crippen LogP contribution in [0.5, 0.6) is 5.75 Å². The Morgan fingerprint density at radius 3 is 2.27 bits per heavy atom. The fourth-order valence-electron chi connectivity index (χ4n) is 1.05. The minimum Gasteiger partial charge on any atom is -0.491 e. The van der Waals surface area contributed by atoms with Crippen LogP contribution >= 0.6 is 0 Å². The molecule has 0 bridgehead atoms. The van der Waals surface area contributed by atoms with E-state index < -0.39 is 5.60 Å². The van der Waals surface area contributed by atoms with Crippen LogP contribution in [0.2, 0.25) is 0 Å². The first-order valence-corrected chi connectivity index (χ1v) is 4.85. The zero-order valence-electron chi connectivity index (χ0n) is 9.28. The molecule has 15 heavy (non-hydrogen) atoms. The summed E-state index contributed by atoms with van der Waals surface area (Å²) in [4.78, 5) is 11.0. The molecule has 1 aromatic carbocycles. The zero-order valence-corrected chi connectivity index (χ0v) is 9.28. The number of Topliss-reactive ketones (excluding diaryl/α,β-unsaturated/α-hetero) is 1. The molecule has 0 spiro atoms. The van der Waals surface area contributed by atoms with Crippen LogP contribution in [0.15, 0.2) is 24.3 Å². The van der Waals surface area contributed by atoms with Crippen LogP contribution in [0.3, 0.4) is 0 Å². The average molecular weight is 208 g/mol. The van der Waals surface area contributed by atoms with Crippen molar-refractivity contribution in [3.05, 3.63) is 29.8 Å². The first kappa shape index (κ1) is 11.7. The monoisotopic (exact) mass is 208 g/mol. The van der Waals surface area contributed by atoms with E-state index in [4.69, 9.17) is 4.74 Å². The molecule has 0 aliphatic heterocycles. The molecule has 0 unspecified atom stereocenters. The molecule has 0 saturated heterocycles. The maximum atomic E-state index is 11.0. The van der Waals surface area contributed by atoms with Crippen LogP contribution < -0.4 is 4.74 Å². The Kier molecular flexibility index (Phi) is 3.48. The van der Waals surface area contributed by atoms with E-state index >= 15 is 0 Å². The van der Waals surface area contributed by atoms with Crippen LogP contribution in [0.1, 0.15) is 31.1 Å². The Bertz CT molecular complexity index is 333. The molecule has 82 valence electrons. The van der Waals surface area contributed by atoms with Gasteiger partial charge in [-0.3, -0.25) is 4.79 Å². The number of rotatable bonds is 4. The maximum Gasteiger partial charge on any atom is 0.159 e. The standard InChI is InChI=1S/C12H16O3/c1-9(13)10-4-6-11(7-5-10)15-8-12(2,3)14/h4-7,14H,8H2,1-3H3. The van der Waals surface area contributed by atoms with Gasteiger partial charge >= 0.3 is 0 Å². The quantitative estimate of drug-likeness (QED) is 0.770. The Hall–Kier alpha value is -1.35. The second-order valence-electron chi connectivity index (χ2n) is 4.18. The lowest BCUT2D eigenvalue weighted by atomic mass is 10.1. The Morgan fingerprint density at radius 2 is 1.87 bits per heavy atom. The Labute approximate surface area is 89.7 Å². The van der Waals surface area contributed by atoms with Gasteiger partial charge in [-0.15, -0.1) is 0 Å². The summed E-state index contributed by atoms with van der Waals surface area (Å²) in [6, 6.07) is 6.87. The number of aliphatic hydroxyl groups is 1. The third-order valence-electron chi connectivity index (χ3n) is 1.85. The van der Waals surface area contributed by atoms with E-state index in [1.54, 1.807) is 38.1 Å².